The summed E-state index contributed by atoms with van der Waals surface area (Å²) in [7, 11) is -2.14. The Bertz CT molecular complexity index is 1240. The Hall–Kier alpha value is -1.21. The second-order valence-electron chi connectivity index (χ2n) is 12.2. The minimum absolute atomic E-state index is 0.0201. The molecule has 1 fully saturated rings. The Morgan fingerprint density at radius 2 is 1.77 bits per heavy atom. The average Bonchev–Trinajstić information content (AvgIpc) is 3.05. The highest BCUT2D eigenvalue weighted by atomic mass is 79.9. The number of amides is 1. The summed E-state index contributed by atoms with van der Waals surface area (Å²) in [5, 5.41) is -0.196. The smallest absolute Gasteiger partial charge is 0.410 e. The highest BCUT2D eigenvalue weighted by Crippen LogP contribution is 2.41. The molecule has 1 unspecified atom stereocenters. The van der Waals surface area contributed by atoms with E-state index in [2.05, 4.69) is 59.8 Å². The van der Waals surface area contributed by atoms with E-state index in [1.807, 2.05) is 25.7 Å². The van der Waals surface area contributed by atoms with Gasteiger partial charge < -0.3 is 19.0 Å². The standard InChI is InChI=1S/C26H38BrClF2N4O3SSi/c1-25(2,3)37-24(35)33-11-10-15(14-36-39(8,9)26(4,5)6)34(13-12-33)22-16-19(29)18(28)17(27)20(30)21(16)31-23(32-22)38-7/h15H,10-14H2,1-9H3. The normalized spacial score (nSPS) is 17.5. The molecule has 0 bridgehead atoms. The summed E-state index contributed by atoms with van der Waals surface area (Å²) < 4.78 is 43.1. The van der Waals surface area contributed by atoms with Gasteiger partial charge in [0, 0.05) is 19.6 Å². The lowest BCUT2D eigenvalue weighted by Gasteiger charge is -2.39. The molecule has 0 N–H and O–H groups in total. The minimum atomic E-state index is -2.14. The highest BCUT2D eigenvalue weighted by molar-refractivity contribution is 9.10. The number of benzene rings is 1. The molecule has 1 aromatic carbocycles. The molecule has 7 nitrogen and oxygen atoms in total. The number of anilines is 1. The summed E-state index contributed by atoms with van der Waals surface area (Å²) in [5.41, 5.74) is -0.801. The van der Waals surface area contributed by atoms with Crippen LogP contribution in [0, 0.1) is 11.6 Å². The zero-order chi connectivity index (χ0) is 29.5. The van der Waals surface area contributed by atoms with E-state index in [-0.39, 0.29) is 37.3 Å². The second kappa shape index (κ2) is 12.0. The van der Waals surface area contributed by atoms with Crippen LogP contribution in [-0.2, 0) is 9.16 Å². The summed E-state index contributed by atoms with van der Waals surface area (Å²) in [4.78, 5) is 25.4. The number of carbonyl (C=O) groups is 1. The van der Waals surface area contributed by atoms with Crippen molar-refractivity contribution < 1.29 is 22.7 Å². The van der Waals surface area contributed by atoms with Gasteiger partial charge in [0.05, 0.1) is 27.5 Å². The van der Waals surface area contributed by atoms with Crippen molar-refractivity contribution in [3.63, 3.8) is 0 Å². The van der Waals surface area contributed by atoms with Crippen LogP contribution in [0.1, 0.15) is 48.0 Å². The van der Waals surface area contributed by atoms with Crippen molar-refractivity contribution in [2.75, 3.05) is 37.4 Å². The molecule has 0 saturated carbocycles. The number of hydrogen-bond donors (Lipinski definition) is 0. The Labute approximate surface area is 248 Å². The van der Waals surface area contributed by atoms with Crippen LogP contribution < -0.4 is 4.90 Å². The van der Waals surface area contributed by atoms with Crippen molar-refractivity contribution in [1.82, 2.24) is 14.9 Å². The van der Waals surface area contributed by atoms with E-state index in [9.17, 15) is 4.79 Å². The fourth-order valence-electron chi connectivity index (χ4n) is 3.96. The molecule has 3 rings (SSSR count). The second-order valence-corrected chi connectivity index (χ2v) is 18.9. The topological polar surface area (TPSA) is 67.8 Å². The maximum absolute atomic E-state index is 15.7. The number of fused-ring (bicyclic) bond motifs is 1. The number of rotatable bonds is 5. The van der Waals surface area contributed by atoms with Gasteiger partial charge >= 0.3 is 6.09 Å². The number of aromatic nitrogens is 2. The van der Waals surface area contributed by atoms with Crippen LogP contribution in [0.3, 0.4) is 0 Å². The first-order valence-corrected chi connectivity index (χ1v) is 18.1. The van der Waals surface area contributed by atoms with E-state index < -0.39 is 31.6 Å². The fourth-order valence-corrected chi connectivity index (χ4v) is 5.90. The first kappa shape index (κ1) is 32.3. The van der Waals surface area contributed by atoms with Crippen LogP contribution in [-0.4, -0.2) is 73.4 Å². The van der Waals surface area contributed by atoms with Crippen molar-refractivity contribution in [2.45, 2.75) is 82.9 Å². The zero-order valence-corrected chi connectivity index (χ0v) is 28.2. The SMILES string of the molecule is CSc1nc(N2CCN(C(=O)OC(C)(C)C)CCC2CO[Si](C)(C)C(C)(C)C)c2c(F)c(Cl)c(Br)c(F)c2n1. The van der Waals surface area contributed by atoms with Crippen LogP contribution in [0.25, 0.3) is 10.9 Å². The maximum atomic E-state index is 15.7. The third kappa shape index (κ3) is 7.17. The largest absolute Gasteiger partial charge is 0.444 e. The quantitative estimate of drug-likeness (QED) is 0.106. The van der Waals surface area contributed by atoms with Crippen molar-refractivity contribution in [3.05, 3.63) is 21.1 Å². The van der Waals surface area contributed by atoms with Crippen LogP contribution in [0.4, 0.5) is 19.4 Å². The molecule has 39 heavy (non-hydrogen) atoms. The first-order chi connectivity index (χ1) is 17.9. The number of thioether (sulfide) groups is 1. The van der Waals surface area contributed by atoms with Gasteiger partial charge in [-0.25, -0.2) is 23.5 Å². The van der Waals surface area contributed by atoms with Crippen LogP contribution in [0.15, 0.2) is 9.63 Å². The molecule has 0 spiro atoms. The highest BCUT2D eigenvalue weighted by Gasteiger charge is 2.39. The molecule has 0 radical (unpaired) electrons. The summed E-state index contributed by atoms with van der Waals surface area (Å²) in [6.45, 7) is 17.6. The number of nitrogens with zero attached hydrogens (tertiary/aromatic N) is 4. The maximum Gasteiger partial charge on any atom is 0.410 e. The number of halogens is 4. The zero-order valence-electron chi connectivity index (χ0n) is 24.0. The molecule has 1 aliphatic heterocycles. The third-order valence-corrected chi connectivity index (χ3v) is 13.6. The van der Waals surface area contributed by atoms with E-state index in [4.69, 9.17) is 20.8 Å². The molecule has 1 aliphatic rings. The van der Waals surface area contributed by atoms with E-state index in [0.717, 1.165) is 0 Å². The van der Waals surface area contributed by atoms with E-state index in [1.54, 1.807) is 11.2 Å². The minimum Gasteiger partial charge on any atom is -0.444 e. The Kier molecular flexibility index (Phi) is 9.90. The average molecular weight is 668 g/mol. The summed E-state index contributed by atoms with van der Waals surface area (Å²) >= 11 is 10.5. The molecule has 1 amide bonds. The van der Waals surface area contributed by atoms with Gasteiger partial charge in [-0.2, -0.15) is 0 Å². The van der Waals surface area contributed by atoms with Gasteiger partial charge in [-0.1, -0.05) is 44.1 Å². The summed E-state index contributed by atoms with van der Waals surface area (Å²) in [5.74, 6) is -1.33. The van der Waals surface area contributed by atoms with Crippen LogP contribution in [0.5, 0.6) is 0 Å². The molecule has 1 atom stereocenters. The Balaban J connectivity index is 2.13. The number of hydrogen-bond acceptors (Lipinski definition) is 7. The molecule has 2 aromatic rings. The molecule has 1 aromatic heterocycles. The van der Waals surface area contributed by atoms with Gasteiger partial charge in [0.15, 0.2) is 25.1 Å². The van der Waals surface area contributed by atoms with Gasteiger partial charge in [0.2, 0.25) is 0 Å². The van der Waals surface area contributed by atoms with Crippen molar-refractivity contribution in [1.29, 1.82) is 0 Å². The molecular weight excluding hydrogens is 630 g/mol. The lowest BCUT2D eigenvalue weighted by Crippen LogP contribution is -2.47. The Morgan fingerprint density at radius 3 is 2.33 bits per heavy atom. The first-order valence-electron chi connectivity index (χ1n) is 12.8. The van der Waals surface area contributed by atoms with Gasteiger partial charge in [-0.05, 0) is 67.5 Å². The predicted molar refractivity (Wildman–Crippen MR) is 161 cm³/mol. The van der Waals surface area contributed by atoms with Gasteiger partial charge in [0.25, 0.3) is 0 Å². The lowest BCUT2D eigenvalue weighted by molar-refractivity contribution is 0.0261. The summed E-state index contributed by atoms with van der Waals surface area (Å²) in [6, 6.07) is -0.274. The predicted octanol–water partition coefficient (Wildman–Crippen LogP) is 7.88. The van der Waals surface area contributed by atoms with E-state index in [1.165, 1.54) is 11.8 Å². The number of carbonyl (C=O) groups excluding carboxylic acids is 1. The summed E-state index contributed by atoms with van der Waals surface area (Å²) in [6.07, 6.45) is 1.87. The van der Waals surface area contributed by atoms with Crippen molar-refractivity contribution in [2.24, 2.45) is 0 Å². The van der Waals surface area contributed by atoms with E-state index in [0.29, 0.717) is 37.8 Å². The van der Waals surface area contributed by atoms with E-state index >= 15 is 8.78 Å². The monoisotopic (exact) mass is 666 g/mol. The van der Waals surface area contributed by atoms with Crippen LogP contribution >= 0.6 is 39.3 Å². The van der Waals surface area contributed by atoms with Crippen LogP contribution in [0.2, 0.25) is 23.2 Å². The third-order valence-electron chi connectivity index (χ3n) is 7.21. The molecule has 13 heteroatoms. The van der Waals surface area contributed by atoms with Crippen molar-refractivity contribution in [3.8, 4) is 0 Å². The molecule has 0 aliphatic carbocycles. The lowest BCUT2D eigenvalue weighted by atomic mass is 10.1. The molecule has 218 valence electrons. The van der Waals surface area contributed by atoms with Crippen molar-refractivity contribution >= 4 is 70.4 Å². The molecule has 1 saturated heterocycles. The number of ether oxygens (including phenoxy) is 1. The molecular formula is C26H38BrClF2N4O3SSi. The van der Waals surface area contributed by atoms with Gasteiger partial charge in [-0.3, -0.25) is 0 Å². The van der Waals surface area contributed by atoms with Gasteiger partial charge in [0.1, 0.15) is 16.9 Å². The fraction of sp³-hybridized carbons (Fsp3) is 0.654. The Morgan fingerprint density at radius 1 is 1.13 bits per heavy atom. The van der Waals surface area contributed by atoms with Gasteiger partial charge in [-0.15, -0.1) is 0 Å². The molecule has 2 heterocycles.